The molecule has 0 aromatic heterocycles. The highest BCUT2D eigenvalue weighted by Gasteiger charge is 2.12. The number of nitrogens with two attached hydrogens (primary N) is 1. The van der Waals surface area contributed by atoms with Gasteiger partial charge in [-0.3, -0.25) is 4.79 Å². The zero-order chi connectivity index (χ0) is 15.4. The molecular formula is C14H22N2O3S. The van der Waals surface area contributed by atoms with Crippen molar-refractivity contribution in [3.63, 3.8) is 0 Å². The summed E-state index contributed by atoms with van der Waals surface area (Å²) in [5.74, 6) is -0.00421. The van der Waals surface area contributed by atoms with E-state index in [4.69, 9.17) is 5.14 Å². The molecule has 5 nitrogen and oxygen atoms in total. The Labute approximate surface area is 120 Å². The fraction of sp³-hybridized carbons (Fsp3) is 0.500. The molecule has 3 N–H and O–H groups in total. The van der Waals surface area contributed by atoms with Crippen LogP contribution in [0.2, 0.25) is 0 Å². The molecule has 1 rings (SSSR count). The molecule has 0 saturated heterocycles. The van der Waals surface area contributed by atoms with Crippen LogP contribution < -0.4 is 10.5 Å². The Morgan fingerprint density at radius 2 is 1.75 bits per heavy atom. The van der Waals surface area contributed by atoms with Gasteiger partial charge in [0.15, 0.2) is 0 Å². The van der Waals surface area contributed by atoms with E-state index < -0.39 is 10.0 Å². The summed E-state index contributed by atoms with van der Waals surface area (Å²) < 4.78 is 22.2. The van der Waals surface area contributed by atoms with Gasteiger partial charge in [-0.05, 0) is 29.5 Å². The molecule has 0 aliphatic heterocycles. The Morgan fingerprint density at radius 3 is 2.20 bits per heavy atom. The summed E-state index contributed by atoms with van der Waals surface area (Å²) >= 11 is 0. The van der Waals surface area contributed by atoms with Crippen LogP contribution in [0.5, 0.6) is 0 Å². The summed E-state index contributed by atoms with van der Waals surface area (Å²) in [4.78, 5) is 11.7. The van der Waals surface area contributed by atoms with Crippen LogP contribution in [0.3, 0.4) is 0 Å². The number of primary sulfonamides is 1. The Hall–Kier alpha value is -1.40. The maximum atomic E-state index is 11.7. The predicted octanol–water partition coefficient (Wildman–Crippen LogP) is 1.78. The van der Waals surface area contributed by atoms with E-state index in [2.05, 4.69) is 26.1 Å². The monoisotopic (exact) mass is 298 g/mol. The second kappa shape index (κ2) is 6.37. The van der Waals surface area contributed by atoms with Gasteiger partial charge < -0.3 is 5.32 Å². The highest BCUT2D eigenvalue weighted by atomic mass is 32.2. The van der Waals surface area contributed by atoms with Gasteiger partial charge in [-0.1, -0.05) is 32.9 Å². The molecule has 0 heterocycles. The molecule has 1 amide bonds. The Kier molecular flexibility index (Phi) is 5.30. The standard InChI is InChI=1S/C14H22N2O3S/c1-14(2,3)9-8-13(17)16-10-11-4-6-12(7-5-11)20(15,18)19/h4-7H,8-10H2,1-3H3,(H,16,17)(H2,15,18,19). The zero-order valence-corrected chi connectivity index (χ0v) is 13.0. The number of sulfonamides is 1. The van der Waals surface area contributed by atoms with Gasteiger partial charge in [0.05, 0.1) is 4.90 Å². The summed E-state index contributed by atoms with van der Waals surface area (Å²) in [5.41, 5.74) is 0.968. The fourth-order valence-electron chi connectivity index (χ4n) is 1.57. The smallest absolute Gasteiger partial charge is 0.238 e. The van der Waals surface area contributed by atoms with Crippen molar-refractivity contribution in [1.82, 2.24) is 5.32 Å². The third kappa shape index (κ3) is 6.16. The SMILES string of the molecule is CC(C)(C)CCC(=O)NCc1ccc(S(N)(=O)=O)cc1. The minimum Gasteiger partial charge on any atom is -0.352 e. The van der Waals surface area contributed by atoms with E-state index in [1.165, 1.54) is 12.1 Å². The molecule has 6 heteroatoms. The van der Waals surface area contributed by atoms with E-state index in [1.54, 1.807) is 12.1 Å². The average Bonchev–Trinajstić information content (AvgIpc) is 2.32. The lowest BCUT2D eigenvalue weighted by atomic mass is 9.90. The number of carbonyl (C=O) groups excluding carboxylic acids is 1. The van der Waals surface area contributed by atoms with Crippen molar-refractivity contribution in [2.24, 2.45) is 10.6 Å². The third-order valence-electron chi connectivity index (χ3n) is 2.84. The minimum absolute atomic E-state index is 0.00421. The summed E-state index contributed by atoms with van der Waals surface area (Å²) in [6.45, 7) is 6.65. The molecule has 112 valence electrons. The van der Waals surface area contributed by atoms with E-state index in [9.17, 15) is 13.2 Å². The molecule has 0 atom stereocenters. The van der Waals surface area contributed by atoms with E-state index in [0.717, 1.165) is 12.0 Å². The molecule has 0 spiro atoms. The van der Waals surface area contributed by atoms with Crippen molar-refractivity contribution < 1.29 is 13.2 Å². The molecular weight excluding hydrogens is 276 g/mol. The summed E-state index contributed by atoms with van der Waals surface area (Å²) in [5, 5.41) is 7.82. The summed E-state index contributed by atoms with van der Waals surface area (Å²) in [7, 11) is -3.66. The Balaban J connectivity index is 2.48. The van der Waals surface area contributed by atoms with Crippen LogP contribution in [-0.2, 0) is 21.4 Å². The number of rotatable bonds is 5. The highest BCUT2D eigenvalue weighted by molar-refractivity contribution is 7.89. The van der Waals surface area contributed by atoms with Crippen molar-refractivity contribution in [3.8, 4) is 0 Å². The summed E-state index contributed by atoms with van der Waals surface area (Å²) in [6, 6.07) is 6.16. The molecule has 0 bridgehead atoms. The Bertz CT molecular complexity index is 557. The second-order valence-corrected chi connectivity index (χ2v) is 7.59. The molecule has 1 aromatic carbocycles. The normalized spacial score (nSPS) is 12.2. The fourth-order valence-corrected chi connectivity index (χ4v) is 2.09. The van der Waals surface area contributed by atoms with Crippen molar-refractivity contribution in [2.75, 3.05) is 0 Å². The first-order valence-corrected chi connectivity index (χ1v) is 8.01. The van der Waals surface area contributed by atoms with E-state index in [-0.39, 0.29) is 16.2 Å². The molecule has 1 aromatic rings. The molecule has 0 unspecified atom stereocenters. The minimum atomic E-state index is -3.66. The molecule has 0 radical (unpaired) electrons. The lowest BCUT2D eigenvalue weighted by Gasteiger charge is -2.17. The first-order valence-electron chi connectivity index (χ1n) is 6.46. The first kappa shape index (κ1) is 16.7. The van der Waals surface area contributed by atoms with E-state index in [0.29, 0.717) is 13.0 Å². The number of nitrogens with one attached hydrogen (secondary N) is 1. The third-order valence-corrected chi connectivity index (χ3v) is 3.77. The van der Waals surface area contributed by atoms with Crippen LogP contribution in [0.25, 0.3) is 0 Å². The van der Waals surface area contributed by atoms with Crippen LogP contribution in [0.1, 0.15) is 39.2 Å². The van der Waals surface area contributed by atoms with Crippen LogP contribution in [0, 0.1) is 5.41 Å². The topological polar surface area (TPSA) is 89.3 Å². The van der Waals surface area contributed by atoms with Crippen LogP contribution in [0.15, 0.2) is 29.2 Å². The average molecular weight is 298 g/mol. The van der Waals surface area contributed by atoms with Crippen molar-refractivity contribution >= 4 is 15.9 Å². The lowest BCUT2D eigenvalue weighted by molar-refractivity contribution is -0.121. The molecule has 0 fully saturated rings. The number of hydrogen-bond donors (Lipinski definition) is 2. The Morgan fingerprint density at radius 1 is 1.20 bits per heavy atom. The van der Waals surface area contributed by atoms with Gasteiger partial charge in [-0.15, -0.1) is 0 Å². The zero-order valence-electron chi connectivity index (χ0n) is 12.1. The summed E-state index contributed by atoms with van der Waals surface area (Å²) in [6.07, 6.45) is 1.31. The van der Waals surface area contributed by atoms with Gasteiger partial charge in [-0.25, -0.2) is 13.6 Å². The van der Waals surface area contributed by atoms with Gasteiger partial charge >= 0.3 is 0 Å². The highest BCUT2D eigenvalue weighted by Crippen LogP contribution is 2.20. The van der Waals surface area contributed by atoms with E-state index in [1.807, 2.05) is 0 Å². The molecule has 0 aliphatic rings. The number of carbonyl (C=O) groups is 1. The quantitative estimate of drug-likeness (QED) is 0.868. The van der Waals surface area contributed by atoms with Crippen molar-refractivity contribution in [2.45, 2.75) is 45.1 Å². The van der Waals surface area contributed by atoms with Gasteiger partial charge in [0.2, 0.25) is 15.9 Å². The van der Waals surface area contributed by atoms with Crippen LogP contribution >= 0.6 is 0 Å². The van der Waals surface area contributed by atoms with Gasteiger partial charge in [0.25, 0.3) is 0 Å². The van der Waals surface area contributed by atoms with Crippen molar-refractivity contribution in [3.05, 3.63) is 29.8 Å². The lowest BCUT2D eigenvalue weighted by Crippen LogP contribution is -2.24. The molecule has 0 aliphatic carbocycles. The second-order valence-electron chi connectivity index (χ2n) is 6.03. The number of amides is 1. The van der Waals surface area contributed by atoms with E-state index >= 15 is 0 Å². The predicted molar refractivity (Wildman–Crippen MR) is 78.4 cm³/mol. The van der Waals surface area contributed by atoms with Crippen LogP contribution in [0.4, 0.5) is 0 Å². The maximum Gasteiger partial charge on any atom is 0.238 e. The van der Waals surface area contributed by atoms with Crippen molar-refractivity contribution in [1.29, 1.82) is 0 Å². The molecule has 0 saturated carbocycles. The largest absolute Gasteiger partial charge is 0.352 e. The van der Waals surface area contributed by atoms with Crippen LogP contribution in [-0.4, -0.2) is 14.3 Å². The first-order chi connectivity index (χ1) is 9.08. The van der Waals surface area contributed by atoms with Gasteiger partial charge in [-0.2, -0.15) is 0 Å². The number of benzene rings is 1. The van der Waals surface area contributed by atoms with Gasteiger partial charge in [0.1, 0.15) is 0 Å². The number of hydrogen-bond acceptors (Lipinski definition) is 3. The molecule has 20 heavy (non-hydrogen) atoms. The maximum absolute atomic E-state index is 11.7. The van der Waals surface area contributed by atoms with Gasteiger partial charge in [0, 0.05) is 13.0 Å².